The summed E-state index contributed by atoms with van der Waals surface area (Å²) >= 11 is 0. The molecular weight excluding hydrogens is 741 g/mol. The van der Waals surface area contributed by atoms with Crippen molar-refractivity contribution in [3.63, 3.8) is 0 Å². The molecule has 3 heterocycles. The van der Waals surface area contributed by atoms with Crippen LogP contribution in [0.25, 0.3) is 104 Å². The molecule has 0 bridgehead atoms. The zero-order valence-corrected chi connectivity index (χ0v) is 33.5. The van der Waals surface area contributed by atoms with Gasteiger partial charge in [-0.3, -0.25) is 4.57 Å². The number of hydrogen-bond acceptors (Lipinski definition) is 2. The molecule has 0 fully saturated rings. The van der Waals surface area contributed by atoms with Crippen LogP contribution in [0.5, 0.6) is 0 Å². The Hall–Kier alpha value is -7.82. The number of hydrogen-bond donors (Lipinski definition) is 0. The largest absolute Gasteiger partial charge is 0.309 e. The molecule has 13 rings (SSSR count). The number of fused-ring (bicyclic) bond motifs is 12. The zero-order chi connectivity index (χ0) is 40.2. The molecule has 0 radical (unpaired) electrons. The van der Waals surface area contributed by atoms with Gasteiger partial charge in [0.15, 0.2) is 5.82 Å². The summed E-state index contributed by atoms with van der Waals surface area (Å²) in [7, 11) is 0. The smallest absolute Gasteiger partial charge is 0.164 e. The van der Waals surface area contributed by atoms with Crippen molar-refractivity contribution in [1.82, 2.24) is 19.1 Å². The Morgan fingerprint density at radius 1 is 0.492 bits per heavy atom. The average molecular weight is 779 g/mol. The van der Waals surface area contributed by atoms with E-state index in [4.69, 9.17) is 9.97 Å². The minimum Gasteiger partial charge on any atom is -0.309 e. The van der Waals surface area contributed by atoms with Crippen LogP contribution in [0.3, 0.4) is 0 Å². The van der Waals surface area contributed by atoms with E-state index in [0.29, 0.717) is 0 Å². The van der Waals surface area contributed by atoms with Crippen molar-refractivity contribution in [2.45, 2.75) is 13.3 Å². The van der Waals surface area contributed by atoms with Gasteiger partial charge in [-0.05, 0) is 98.8 Å². The second-order valence-electron chi connectivity index (χ2n) is 16.8. The number of benzene rings is 8. The lowest BCUT2D eigenvalue weighted by Crippen LogP contribution is -2.21. The van der Waals surface area contributed by atoms with Gasteiger partial charge in [0.1, 0.15) is 5.69 Å². The minimum absolute atomic E-state index is 0.125. The van der Waals surface area contributed by atoms with Gasteiger partial charge >= 0.3 is 0 Å². The van der Waals surface area contributed by atoms with Crippen LogP contribution in [0.15, 0.2) is 206 Å². The number of nitrogens with zero attached hydrogens (tertiary/aromatic N) is 4. The van der Waals surface area contributed by atoms with Crippen molar-refractivity contribution in [3.8, 4) is 22.6 Å². The van der Waals surface area contributed by atoms with Crippen molar-refractivity contribution >= 4 is 81.8 Å². The first-order valence-corrected chi connectivity index (χ1v) is 21.1. The maximum Gasteiger partial charge on any atom is 0.164 e. The Morgan fingerprint density at radius 3 is 2.15 bits per heavy atom. The molecule has 0 aliphatic heterocycles. The van der Waals surface area contributed by atoms with E-state index in [1.165, 1.54) is 70.9 Å². The molecule has 0 amide bonds. The highest BCUT2D eigenvalue weighted by molar-refractivity contribution is 6.28. The van der Waals surface area contributed by atoms with Gasteiger partial charge in [-0.15, -0.1) is 0 Å². The predicted molar refractivity (Wildman–Crippen MR) is 256 cm³/mol. The normalized spacial score (nSPS) is 16.3. The van der Waals surface area contributed by atoms with Crippen molar-refractivity contribution in [2.75, 3.05) is 0 Å². The molecule has 3 aromatic heterocycles. The number of para-hydroxylation sites is 3. The lowest BCUT2D eigenvalue weighted by Gasteiger charge is -2.33. The summed E-state index contributed by atoms with van der Waals surface area (Å²) in [4.78, 5) is 11.0. The van der Waals surface area contributed by atoms with Gasteiger partial charge in [0, 0.05) is 32.6 Å². The van der Waals surface area contributed by atoms with E-state index in [2.05, 4.69) is 216 Å². The quantitative estimate of drug-likeness (QED) is 0.167. The van der Waals surface area contributed by atoms with Crippen molar-refractivity contribution < 1.29 is 0 Å². The molecule has 1 unspecified atom stereocenters. The van der Waals surface area contributed by atoms with Crippen molar-refractivity contribution in [2.24, 2.45) is 5.41 Å². The van der Waals surface area contributed by atoms with Gasteiger partial charge in [-0.1, -0.05) is 159 Å². The van der Waals surface area contributed by atoms with Crippen molar-refractivity contribution in [1.29, 1.82) is 0 Å². The van der Waals surface area contributed by atoms with E-state index in [1.54, 1.807) is 0 Å². The topological polar surface area (TPSA) is 35.6 Å². The Labute approximate surface area is 352 Å². The molecule has 1 atom stereocenters. The van der Waals surface area contributed by atoms with Gasteiger partial charge < -0.3 is 4.57 Å². The van der Waals surface area contributed by atoms with Gasteiger partial charge in [0.05, 0.1) is 33.1 Å². The molecule has 0 N–H and O–H groups in total. The standard InChI is InChI=1S/C57H38N4/c1-57-31-12-11-18-40(57)27-25-39(35-57)55-56(59-49-23-9-8-22-48(49)58-55)61-50-24-10-7-21-44(50)46-33-47-53(34-52(46)61)60(41-19-13-17-38(32-41)36-14-3-2-4-15-36)51-30-29-43-42-20-6-5-16-37(42)26-28-45(43)54(47)51/h2-34H,35H2,1H3. The highest BCUT2D eigenvalue weighted by Gasteiger charge is 2.32. The van der Waals surface area contributed by atoms with Gasteiger partial charge in [0.25, 0.3) is 0 Å². The van der Waals surface area contributed by atoms with Crippen LogP contribution in [0.4, 0.5) is 0 Å². The zero-order valence-electron chi connectivity index (χ0n) is 33.5. The molecular formula is C57H38N4. The summed E-state index contributed by atoms with van der Waals surface area (Å²) in [5.74, 6) is 0.844. The summed E-state index contributed by atoms with van der Waals surface area (Å²) in [6.07, 6.45) is 14.2. The predicted octanol–water partition coefficient (Wildman–Crippen LogP) is 14.6. The van der Waals surface area contributed by atoms with Crippen LogP contribution >= 0.6 is 0 Å². The second-order valence-corrected chi connectivity index (χ2v) is 16.8. The second kappa shape index (κ2) is 12.8. The first-order valence-electron chi connectivity index (χ1n) is 21.1. The Morgan fingerprint density at radius 2 is 1.25 bits per heavy atom. The Bertz CT molecular complexity index is 3800. The molecule has 0 spiro atoms. The molecule has 11 aromatic rings. The summed E-state index contributed by atoms with van der Waals surface area (Å²) in [5, 5.41) is 9.87. The number of rotatable bonds is 4. The average Bonchev–Trinajstić information content (AvgIpc) is 3.82. The highest BCUT2D eigenvalue weighted by Crippen LogP contribution is 2.47. The van der Waals surface area contributed by atoms with Gasteiger partial charge in [0.2, 0.25) is 0 Å². The molecule has 2 aliphatic rings. The molecule has 0 saturated carbocycles. The van der Waals surface area contributed by atoms with Crippen LogP contribution < -0.4 is 0 Å². The van der Waals surface area contributed by atoms with Crippen LogP contribution in [0.2, 0.25) is 0 Å². The molecule has 4 heteroatoms. The third kappa shape index (κ3) is 5.06. The first-order chi connectivity index (χ1) is 30.1. The lowest BCUT2D eigenvalue weighted by molar-refractivity contribution is 0.534. The van der Waals surface area contributed by atoms with E-state index in [9.17, 15) is 0 Å². The van der Waals surface area contributed by atoms with Crippen LogP contribution in [-0.2, 0) is 0 Å². The first kappa shape index (κ1) is 34.1. The Kier molecular flexibility index (Phi) is 7.17. The molecule has 286 valence electrons. The molecule has 61 heavy (non-hydrogen) atoms. The van der Waals surface area contributed by atoms with Crippen LogP contribution in [0.1, 0.15) is 19.0 Å². The van der Waals surface area contributed by atoms with Crippen LogP contribution in [-0.4, -0.2) is 19.1 Å². The summed E-state index contributed by atoms with van der Waals surface area (Å²) in [6.45, 7) is 2.33. The van der Waals surface area contributed by atoms with Gasteiger partial charge in [-0.25, -0.2) is 9.97 Å². The lowest BCUT2D eigenvalue weighted by atomic mass is 9.71. The molecule has 2 aliphatic carbocycles. The maximum atomic E-state index is 5.54. The van der Waals surface area contributed by atoms with E-state index in [1.807, 2.05) is 0 Å². The van der Waals surface area contributed by atoms with Gasteiger partial charge in [-0.2, -0.15) is 0 Å². The molecule has 8 aromatic carbocycles. The fourth-order valence-electron chi connectivity index (χ4n) is 10.3. The third-order valence-corrected chi connectivity index (χ3v) is 13.3. The van der Waals surface area contributed by atoms with E-state index in [-0.39, 0.29) is 5.41 Å². The maximum absolute atomic E-state index is 5.54. The fourth-order valence-corrected chi connectivity index (χ4v) is 10.3. The highest BCUT2D eigenvalue weighted by atomic mass is 15.1. The molecule has 0 saturated heterocycles. The minimum atomic E-state index is -0.125. The number of allylic oxidation sites excluding steroid dienone is 8. The van der Waals surface area contributed by atoms with E-state index >= 15 is 0 Å². The molecule has 4 nitrogen and oxygen atoms in total. The third-order valence-electron chi connectivity index (χ3n) is 13.3. The van der Waals surface area contributed by atoms with Crippen LogP contribution in [0, 0.1) is 5.41 Å². The summed E-state index contributed by atoms with van der Waals surface area (Å²) < 4.78 is 4.85. The summed E-state index contributed by atoms with van der Waals surface area (Å²) in [6, 6.07) is 59.6. The van der Waals surface area contributed by atoms with Crippen molar-refractivity contribution in [3.05, 3.63) is 212 Å². The Balaban J connectivity index is 1.16. The fraction of sp³-hybridized carbons (Fsp3) is 0.0526. The van der Waals surface area contributed by atoms with E-state index < -0.39 is 0 Å². The summed E-state index contributed by atoms with van der Waals surface area (Å²) in [5.41, 5.74) is 13.1. The number of aromatic nitrogens is 4. The van der Waals surface area contributed by atoms with E-state index in [0.717, 1.165) is 51.2 Å². The monoisotopic (exact) mass is 778 g/mol. The SMILES string of the molecule is CC12C=CC=CC1=CC=C(c1nc3ccccc3nc1-n1c3ccccc3c3cc4c5c6ccc7ccccc7c6ccc5n(-c5cccc(-c6ccccc6)c5)c4cc31)C2.